The second-order valence-electron chi connectivity index (χ2n) is 8.28. The number of halogens is 6. The van der Waals surface area contributed by atoms with Gasteiger partial charge in [0.25, 0.3) is 0 Å². The maximum absolute atomic E-state index is 15.0. The van der Waals surface area contributed by atoms with Gasteiger partial charge in [-0.1, -0.05) is 56.2 Å². The van der Waals surface area contributed by atoms with Crippen molar-refractivity contribution in [2.45, 2.75) is 39.2 Å². The molecule has 0 aliphatic rings. The predicted octanol–water partition coefficient (Wildman–Crippen LogP) is 9.06. The molecule has 0 saturated carbocycles. The standard InChI is InChI=1S/C28H22F6O/c1-2-3-4-5-16-6-9-20(23(29)12-16)18-7-10-21(24(30)14-18)17-8-11-22-19(13-17)15-25(31)27(26(22)32)35-28(33)34/h6-15,28H,2-5H2,1H3. The SMILES string of the molecule is CCCCCc1ccc(-c2ccc(-c3ccc4c(F)c(OC(F)F)c(F)cc4c3)c(F)c2)c(F)c1. The van der Waals surface area contributed by atoms with E-state index in [1.165, 1.54) is 36.4 Å². The number of benzene rings is 4. The minimum absolute atomic E-state index is 0.0484. The molecule has 182 valence electrons. The first kappa shape index (κ1) is 24.6. The second-order valence-corrected chi connectivity index (χ2v) is 8.28. The second kappa shape index (κ2) is 10.4. The van der Waals surface area contributed by atoms with Crippen LogP contribution in [0.4, 0.5) is 26.3 Å². The first-order chi connectivity index (χ1) is 16.8. The molecule has 7 heteroatoms. The third-order valence-electron chi connectivity index (χ3n) is 5.89. The molecule has 4 aromatic carbocycles. The van der Waals surface area contributed by atoms with E-state index in [0.29, 0.717) is 11.1 Å². The summed E-state index contributed by atoms with van der Waals surface area (Å²) in [6, 6.07) is 14.0. The Morgan fingerprint density at radius 3 is 2.03 bits per heavy atom. The zero-order valence-electron chi connectivity index (χ0n) is 18.9. The molecule has 0 fully saturated rings. The number of hydrogen-bond donors (Lipinski definition) is 0. The van der Waals surface area contributed by atoms with Gasteiger partial charge < -0.3 is 4.74 Å². The van der Waals surface area contributed by atoms with E-state index in [-0.39, 0.29) is 21.9 Å². The molecule has 0 aromatic heterocycles. The van der Waals surface area contributed by atoms with Crippen LogP contribution in [0.3, 0.4) is 0 Å². The Kier molecular flexibility index (Phi) is 7.34. The Balaban J connectivity index is 1.65. The number of rotatable bonds is 8. The average molecular weight is 488 g/mol. The first-order valence-electron chi connectivity index (χ1n) is 11.2. The molecule has 0 aliphatic heterocycles. The Hall–Kier alpha value is -3.48. The van der Waals surface area contributed by atoms with Crippen LogP contribution in [0.2, 0.25) is 0 Å². The smallest absolute Gasteiger partial charge is 0.387 e. The first-order valence-corrected chi connectivity index (χ1v) is 11.2. The van der Waals surface area contributed by atoms with E-state index >= 15 is 4.39 Å². The van der Waals surface area contributed by atoms with E-state index in [1.54, 1.807) is 12.1 Å². The molecule has 35 heavy (non-hydrogen) atoms. The van der Waals surface area contributed by atoms with Gasteiger partial charge in [-0.3, -0.25) is 0 Å². The molecule has 0 bridgehead atoms. The largest absolute Gasteiger partial charge is 0.429 e. The lowest BCUT2D eigenvalue weighted by Gasteiger charge is -2.12. The van der Waals surface area contributed by atoms with Crippen LogP contribution in [-0.2, 0) is 6.42 Å². The third kappa shape index (κ3) is 5.29. The zero-order valence-corrected chi connectivity index (χ0v) is 18.9. The van der Waals surface area contributed by atoms with Gasteiger partial charge in [-0.25, -0.2) is 17.6 Å². The van der Waals surface area contributed by atoms with E-state index < -0.39 is 35.6 Å². The summed E-state index contributed by atoms with van der Waals surface area (Å²) in [7, 11) is 0. The van der Waals surface area contributed by atoms with Crippen molar-refractivity contribution in [1.82, 2.24) is 0 Å². The highest BCUT2D eigenvalue weighted by Crippen LogP contribution is 2.35. The lowest BCUT2D eigenvalue weighted by atomic mass is 9.96. The topological polar surface area (TPSA) is 9.23 Å². The minimum Gasteiger partial charge on any atom is -0.429 e. The van der Waals surface area contributed by atoms with Crippen molar-refractivity contribution < 1.29 is 31.1 Å². The highest BCUT2D eigenvalue weighted by atomic mass is 19.3. The fourth-order valence-electron chi connectivity index (χ4n) is 4.12. The molecule has 0 amide bonds. The Labute approximate surface area is 199 Å². The normalized spacial score (nSPS) is 11.4. The average Bonchev–Trinajstić information content (AvgIpc) is 2.81. The number of unbranched alkanes of at least 4 members (excludes halogenated alkanes) is 2. The Bertz CT molecular complexity index is 1370. The minimum atomic E-state index is -3.38. The van der Waals surface area contributed by atoms with Crippen molar-refractivity contribution in [3.05, 3.63) is 89.5 Å². The van der Waals surface area contributed by atoms with Gasteiger partial charge in [0.1, 0.15) is 11.6 Å². The number of alkyl halides is 2. The fourth-order valence-corrected chi connectivity index (χ4v) is 4.12. The van der Waals surface area contributed by atoms with Gasteiger partial charge in [0, 0.05) is 16.5 Å². The monoisotopic (exact) mass is 488 g/mol. The lowest BCUT2D eigenvalue weighted by Crippen LogP contribution is -2.06. The van der Waals surface area contributed by atoms with Crippen LogP contribution in [0.15, 0.2) is 60.7 Å². The molecule has 4 rings (SSSR count). The van der Waals surface area contributed by atoms with Crippen LogP contribution in [-0.4, -0.2) is 6.61 Å². The molecular weight excluding hydrogens is 466 g/mol. The van der Waals surface area contributed by atoms with Crippen molar-refractivity contribution in [3.8, 4) is 28.0 Å². The van der Waals surface area contributed by atoms with Gasteiger partial charge >= 0.3 is 6.61 Å². The highest BCUT2D eigenvalue weighted by Gasteiger charge is 2.19. The highest BCUT2D eigenvalue weighted by molar-refractivity contribution is 5.89. The molecule has 4 aromatic rings. The van der Waals surface area contributed by atoms with Crippen LogP contribution >= 0.6 is 0 Å². The summed E-state index contributed by atoms with van der Waals surface area (Å²) in [6.07, 6.45) is 3.88. The van der Waals surface area contributed by atoms with Crippen LogP contribution in [0.5, 0.6) is 5.75 Å². The number of hydrogen-bond acceptors (Lipinski definition) is 1. The summed E-state index contributed by atoms with van der Waals surface area (Å²) in [5.41, 5.74) is 1.96. The summed E-state index contributed by atoms with van der Waals surface area (Å²) in [5.74, 6) is -4.82. The number of aryl methyl sites for hydroxylation is 1. The maximum atomic E-state index is 15.0. The van der Waals surface area contributed by atoms with E-state index in [2.05, 4.69) is 11.7 Å². The summed E-state index contributed by atoms with van der Waals surface area (Å²) in [4.78, 5) is 0. The van der Waals surface area contributed by atoms with Crippen LogP contribution in [0.1, 0.15) is 31.7 Å². The molecular formula is C28H22F6O. The lowest BCUT2D eigenvalue weighted by molar-refractivity contribution is -0.0544. The van der Waals surface area contributed by atoms with E-state index in [9.17, 15) is 22.0 Å². The van der Waals surface area contributed by atoms with Crippen LogP contribution in [0.25, 0.3) is 33.0 Å². The van der Waals surface area contributed by atoms with Crippen LogP contribution in [0, 0.1) is 23.3 Å². The summed E-state index contributed by atoms with van der Waals surface area (Å²) in [5, 5.41) is -0.101. The van der Waals surface area contributed by atoms with Crippen molar-refractivity contribution in [2.24, 2.45) is 0 Å². The Morgan fingerprint density at radius 1 is 0.714 bits per heavy atom. The number of ether oxygens (including phenoxy) is 1. The molecule has 0 unspecified atom stereocenters. The quantitative estimate of drug-likeness (QED) is 0.178. The molecule has 0 heterocycles. The molecule has 0 radical (unpaired) electrons. The van der Waals surface area contributed by atoms with Gasteiger partial charge in [-0.2, -0.15) is 8.78 Å². The molecule has 1 nitrogen and oxygen atoms in total. The van der Waals surface area contributed by atoms with E-state index in [0.717, 1.165) is 37.3 Å². The molecule has 0 N–H and O–H groups in total. The fraction of sp³-hybridized carbons (Fsp3) is 0.214. The van der Waals surface area contributed by atoms with Gasteiger partial charge in [0.15, 0.2) is 17.4 Å². The molecule has 0 aliphatic carbocycles. The van der Waals surface area contributed by atoms with Gasteiger partial charge in [0.2, 0.25) is 0 Å². The summed E-state index contributed by atoms with van der Waals surface area (Å²) >= 11 is 0. The van der Waals surface area contributed by atoms with E-state index in [1.807, 2.05) is 6.07 Å². The maximum Gasteiger partial charge on any atom is 0.387 e. The van der Waals surface area contributed by atoms with Crippen molar-refractivity contribution >= 4 is 10.8 Å². The molecule has 0 spiro atoms. The van der Waals surface area contributed by atoms with Crippen molar-refractivity contribution in [1.29, 1.82) is 0 Å². The van der Waals surface area contributed by atoms with Gasteiger partial charge in [-0.15, -0.1) is 0 Å². The predicted molar refractivity (Wildman–Crippen MR) is 125 cm³/mol. The third-order valence-corrected chi connectivity index (χ3v) is 5.89. The van der Waals surface area contributed by atoms with Gasteiger partial charge in [-0.05, 0) is 59.2 Å². The number of fused-ring (bicyclic) bond motifs is 1. The molecule has 0 saturated heterocycles. The zero-order chi connectivity index (χ0) is 25.1. The van der Waals surface area contributed by atoms with Crippen LogP contribution < -0.4 is 4.74 Å². The van der Waals surface area contributed by atoms with Gasteiger partial charge in [0.05, 0.1) is 0 Å². The van der Waals surface area contributed by atoms with E-state index in [4.69, 9.17) is 0 Å². The van der Waals surface area contributed by atoms with Crippen molar-refractivity contribution in [3.63, 3.8) is 0 Å². The summed E-state index contributed by atoms with van der Waals surface area (Å²) in [6.45, 7) is -1.29. The Morgan fingerprint density at radius 2 is 1.37 bits per heavy atom. The summed E-state index contributed by atoms with van der Waals surface area (Å²) < 4.78 is 87.2. The molecule has 0 atom stereocenters. The van der Waals surface area contributed by atoms with Crippen molar-refractivity contribution in [2.75, 3.05) is 0 Å².